The summed E-state index contributed by atoms with van der Waals surface area (Å²) in [5.41, 5.74) is 2.88. The second kappa shape index (κ2) is 13.4. The monoisotopic (exact) mass is 519 g/mol. The number of aliphatic carboxylic acids is 2. The summed E-state index contributed by atoms with van der Waals surface area (Å²) in [6.07, 6.45) is 2.40. The Hall–Kier alpha value is -3.99. The summed E-state index contributed by atoms with van der Waals surface area (Å²) in [6.45, 7) is 0.789. The number of ether oxygens (including phenoxy) is 5. The van der Waals surface area contributed by atoms with E-state index in [4.69, 9.17) is 43.5 Å². The Morgan fingerprint density at radius 3 is 1.95 bits per heavy atom. The molecule has 0 aliphatic carbocycles. The minimum atomic E-state index is -1.82. The van der Waals surface area contributed by atoms with Crippen LogP contribution in [-0.4, -0.2) is 70.2 Å². The number of methoxy groups -OCH3 is 5. The van der Waals surface area contributed by atoms with Crippen molar-refractivity contribution in [3.63, 3.8) is 0 Å². The maximum atomic E-state index is 12.0. The molecule has 0 amide bonds. The van der Waals surface area contributed by atoms with E-state index in [1.54, 1.807) is 28.4 Å². The molecule has 0 saturated heterocycles. The quantitative estimate of drug-likeness (QED) is 0.331. The van der Waals surface area contributed by atoms with Gasteiger partial charge in [-0.2, -0.15) is 0 Å². The van der Waals surface area contributed by atoms with Crippen LogP contribution in [0.3, 0.4) is 0 Å². The van der Waals surface area contributed by atoms with E-state index in [-0.39, 0.29) is 5.97 Å². The second-order valence-corrected chi connectivity index (χ2v) is 8.18. The molecule has 0 spiro atoms. The van der Waals surface area contributed by atoms with Crippen molar-refractivity contribution in [2.45, 2.75) is 31.2 Å². The minimum absolute atomic E-state index is 0.235. The predicted octanol–water partition coefficient (Wildman–Crippen LogP) is 2.41. The third-order valence-electron chi connectivity index (χ3n) is 6.10. The van der Waals surface area contributed by atoms with Crippen LogP contribution < -0.4 is 24.3 Å². The Balaban J connectivity index is 0.000000717. The maximum absolute atomic E-state index is 12.0. The summed E-state index contributed by atoms with van der Waals surface area (Å²) in [4.78, 5) is 30.2. The normalized spacial score (nSPS) is 15.8. The molecule has 0 saturated carbocycles. The third kappa shape index (κ3) is 7.26. The van der Waals surface area contributed by atoms with E-state index in [1.165, 1.54) is 12.7 Å². The van der Waals surface area contributed by atoms with Crippen molar-refractivity contribution >= 4 is 17.9 Å². The summed E-state index contributed by atoms with van der Waals surface area (Å²) in [7, 11) is 7.93. The molecule has 0 radical (unpaired) electrons. The van der Waals surface area contributed by atoms with Crippen LogP contribution >= 0.6 is 0 Å². The molecule has 0 bridgehead atoms. The Kier molecular flexibility index (Phi) is 10.6. The molecule has 1 heterocycles. The maximum Gasteiger partial charge on any atom is 0.414 e. The number of carbonyl (C=O) groups is 3. The molecule has 202 valence electrons. The average Bonchev–Trinajstić information content (AvgIpc) is 2.91. The van der Waals surface area contributed by atoms with E-state index in [1.807, 2.05) is 30.3 Å². The standard InChI is InChI=1S/C24H31NO6.C2H2O4/c1-27-19-7-6-16(12-20(19)28-2)15-24(10-8-23(26)31-5)18-14-22(30-4)21(29-3)13-17(18)9-11-25-24;3-1(4)2(5)6/h6-7,12-14,25H,8-11,15H2,1-5H3;(H,3,4)(H,5,6)/t24-;/m1./s1. The molecular formula is C26H33NO10. The number of carboxylic acid groups (broad SMARTS) is 2. The van der Waals surface area contributed by atoms with Gasteiger partial charge in [-0.05, 0) is 60.2 Å². The van der Waals surface area contributed by atoms with Gasteiger partial charge >= 0.3 is 17.9 Å². The van der Waals surface area contributed by atoms with Crippen molar-refractivity contribution in [2.24, 2.45) is 0 Å². The molecule has 3 rings (SSSR count). The summed E-state index contributed by atoms with van der Waals surface area (Å²) in [6, 6.07) is 9.97. The summed E-state index contributed by atoms with van der Waals surface area (Å²) >= 11 is 0. The van der Waals surface area contributed by atoms with Crippen LogP contribution in [0.4, 0.5) is 0 Å². The van der Waals surface area contributed by atoms with E-state index < -0.39 is 17.5 Å². The molecule has 11 heteroatoms. The number of fused-ring (bicyclic) bond motifs is 1. The van der Waals surface area contributed by atoms with Gasteiger partial charge in [0.15, 0.2) is 23.0 Å². The molecule has 0 fully saturated rings. The van der Waals surface area contributed by atoms with Crippen LogP contribution in [0.15, 0.2) is 30.3 Å². The number of benzene rings is 2. The van der Waals surface area contributed by atoms with Gasteiger partial charge < -0.3 is 39.2 Å². The summed E-state index contributed by atoms with van der Waals surface area (Å²) in [5, 5.41) is 18.5. The highest BCUT2D eigenvalue weighted by Crippen LogP contribution is 2.42. The Morgan fingerprint density at radius 2 is 1.41 bits per heavy atom. The van der Waals surface area contributed by atoms with Gasteiger partial charge in [0.2, 0.25) is 0 Å². The van der Waals surface area contributed by atoms with Crippen molar-refractivity contribution in [1.82, 2.24) is 5.32 Å². The van der Waals surface area contributed by atoms with Gasteiger partial charge in [-0.15, -0.1) is 0 Å². The molecule has 1 aliphatic heterocycles. The lowest BCUT2D eigenvalue weighted by molar-refractivity contribution is -0.159. The molecule has 11 nitrogen and oxygen atoms in total. The van der Waals surface area contributed by atoms with Crippen LogP contribution in [-0.2, 0) is 37.5 Å². The van der Waals surface area contributed by atoms with Gasteiger partial charge in [0.25, 0.3) is 0 Å². The number of hydrogen-bond acceptors (Lipinski definition) is 9. The molecule has 2 aromatic rings. The second-order valence-electron chi connectivity index (χ2n) is 8.18. The molecule has 2 aromatic carbocycles. The minimum Gasteiger partial charge on any atom is -0.493 e. The van der Waals surface area contributed by atoms with E-state index in [0.29, 0.717) is 42.3 Å². The molecule has 37 heavy (non-hydrogen) atoms. The van der Waals surface area contributed by atoms with Crippen LogP contribution in [0, 0.1) is 0 Å². The van der Waals surface area contributed by atoms with Crippen molar-refractivity contribution in [3.05, 3.63) is 47.0 Å². The fourth-order valence-electron chi connectivity index (χ4n) is 4.33. The van der Waals surface area contributed by atoms with E-state index in [9.17, 15) is 4.79 Å². The number of esters is 1. The highest BCUT2D eigenvalue weighted by Gasteiger charge is 2.38. The summed E-state index contributed by atoms with van der Waals surface area (Å²) in [5.74, 6) is -1.16. The topological polar surface area (TPSA) is 150 Å². The largest absolute Gasteiger partial charge is 0.493 e. The van der Waals surface area contributed by atoms with Crippen molar-refractivity contribution < 1.29 is 48.3 Å². The average molecular weight is 520 g/mol. The molecule has 1 atom stereocenters. The molecule has 0 aromatic heterocycles. The highest BCUT2D eigenvalue weighted by molar-refractivity contribution is 6.27. The molecule has 0 unspecified atom stereocenters. The van der Waals surface area contributed by atoms with E-state index >= 15 is 0 Å². The Morgan fingerprint density at radius 1 is 0.838 bits per heavy atom. The smallest absolute Gasteiger partial charge is 0.414 e. The fourth-order valence-corrected chi connectivity index (χ4v) is 4.33. The SMILES string of the molecule is COC(=O)CC[C@]1(Cc2ccc(OC)c(OC)c2)NCCc2cc(OC)c(OC)cc21.O=C(O)C(=O)O. The van der Waals surface area contributed by atoms with Gasteiger partial charge in [0.05, 0.1) is 35.5 Å². The van der Waals surface area contributed by atoms with Gasteiger partial charge in [0, 0.05) is 18.5 Å². The van der Waals surface area contributed by atoms with Crippen LogP contribution in [0.5, 0.6) is 23.0 Å². The Bertz CT molecular complexity index is 1100. The highest BCUT2D eigenvalue weighted by atomic mass is 16.5. The first-order valence-corrected chi connectivity index (χ1v) is 11.4. The lowest BCUT2D eigenvalue weighted by Crippen LogP contribution is -2.49. The number of carbonyl (C=O) groups excluding carboxylic acids is 1. The Labute approximate surface area is 215 Å². The lowest BCUT2D eigenvalue weighted by atomic mass is 9.75. The predicted molar refractivity (Wildman–Crippen MR) is 133 cm³/mol. The van der Waals surface area contributed by atoms with E-state index in [0.717, 1.165) is 24.1 Å². The van der Waals surface area contributed by atoms with Gasteiger partial charge in [-0.3, -0.25) is 4.79 Å². The van der Waals surface area contributed by atoms with Crippen LogP contribution in [0.25, 0.3) is 0 Å². The first kappa shape index (κ1) is 29.2. The molecule has 3 N–H and O–H groups in total. The zero-order valence-electron chi connectivity index (χ0n) is 21.6. The number of nitrogens with one attached hydrogen (secondary N) is 1. The van der Waals surface area contributed by atoms with Gasteiger partial charge in [0.1, 0.15) is 0 Å². The van der Waals surface area contributed by atoms with Gasteiger partial charge in [-0.25, -0.2) is 9.59 Å². The zero-order valence-corrected chi connectivity index (χ0v) is 21.6. The van der Waals surface area contributed by atoms with Crippen molar-refractivity contribution in [2.75, 3.05) is 42.1 Å². The fraction of sp³-hybridized carbons (Fsp3) is 0.423. The van der Waals surface area contributed by atoms with Crippen molar-refractivity contribution in [3.8, 4) is 23.0 Å². The van der Waals surface area contributed by atoms with Crippen LogP contribution in [0.2, 0.25) is 0 Å². The van der Waals surface area contributed by atoms with Gasteiger partial charge in [-0.1, -0.05) is 6.07 Å². The lowest BCUT2D eigenvalue weighted by Gasteiger charge is -2.41. The third-order valence-corrected chi connectivity index (χ3v) is 6.10. The first-order chi connectivity index (χ1) is 17.6. The molecule has 1 aliphatic rings. The summed E-state index contributed by atoms with van der Waals surface area (Å²) < 4.78 is 26.9. The van der Waals surface area contributed by atoms with E-state index in [2.05, 4.69) is 5.32 Å². The zero-order chi connectivity index (χ0) is 27.6. The number of carboxylic acids is 2. The number of hydrogen-bond donors (Lipinski definition) is 3. The first-order valence-electron chi connectivity index (χ1n) is 11.4. The van der Waals surface area contributed by atoms with Crippen molar-refractivity contribution in [1.29, 1.82) is 0 Å². The van der Waals surface area contributed by atoms with Crippen LogP contribution in [0.1, 0.15) is 29.5 Å². The molecular weight excluding hydrogens is 486 g/mol. The number of rotatable bonds is 9.